The van der Waals surface area contributed by atoms with Gasteiger partial charge in [-0.1, -0.05) is 0 Å². The molecule has 74 valence electrons. The minimum atomic E-state index is -4.10. The van der Waals surface area contributed by atoms with Crippen molar-refractivity contribution in [2.24, 2.45) is 0 Å². The molecule has 0 aliphatic rings. The second kappa shape index (κ2) is 4.42. The van der Waals surface area contributed by atoms with Crippen LogP contribution in [0.15, 0.2) is 0 Å². The summed E-state index contributed by atoms with van der Waals surface area (Å²) in [7, 11) is -7.91. The zero-order chi connectivity index (χ0) is 9.83. The van der Waals surface area contributed by atoms with Gasteiger partial charge in [0.25, 0.3) is 10.1 Å². The first-order valence-electron chi connectivity index (χ1n) is 2.78. The van der Waals surface area contributed by atoms with Crippen molar-refractivity contribution in [2.45, 2.75) is 6.42 Å². The molecule has 0 aromatic heterocycles. The van der Waals surface area contributed by atoms with Crippen molar-refractivity contribution < 1.29 is 25.9 Å². The van der Waals surface area contributed by atoms with Gasteiger partial charge < -0.3 is 0 Å². The number of hydrogen-bond acceptors (Lipinski definition) is 5. The molecule has 0 unspecified atom stereocenters. The zero-order valence-corrected chi connectivity index (χ0v) is 8.32. The highest BCUT2D eigenvalue weighted by molar-refractivity contribution is 8.69. The van der Waals surface area contributed by atoms with Crippen molar-refractivity contribution in [2.75, 3.05) is 11.5 Å². The molecule has 0 aromatic rings. The first-order valence-corrected chi connectivity index (χ1v) is 7.33. The molecule has 0 heterocycles. The third-order valence-corrected chi connectivity index (χ3v) is 3.73. The average molecular weight is 236 g/mol. The topological polar surface area (TPSA) is 109 Å². The lowest BCUT2D eigenvalue weighted by atomic mass is 10.6. The van der Waals surface area contributed by atoms with Crippen LogP contribution in [-0.2, 0) is 19.3 Å². The van der Waals surface area contributed by atoms with Crippen LogP contribution in [0.25, 0.3) is 0 Å². The summed E-state index contributed by atoms with van der Waals surface area (Å²) in [6, 6.07) is 0. The molecule has 0 aliphatic carbocycles. The molecule has 9 heteroatoms. The summed E-state index contributed by atoms with van der Waals surface area (Å²) >= 11 is 0. The molecule has 6 nitrogen and oxygen atoms in total. The summed E-state index contributed by atoms with van der Waals surface area (Å²) < 4.78 is 56.7. The van der Waals surface area contributed by atoms with Crippen LogP contribution in [0.4, 0.5) is 0 Å². The Morgan fingerprint density at radius 2 is 1.58 bits per heavy atom. The van der Waals surface area contributed by atoms with E-state index in [-0.39, 0.29) is 23.0 Å². The smallest absolute Gasteiger partial charge is 0.286 e. The quantitative estimate of drug-likeness (QED) is 0.386. The van der Waals surface area contributed by atoms with Gasteiger partial charge in [-0.05, 0) is 17.2 Å². The van der Waals surface area contributed by atoms with Crippen LogP contribution in [0.2, 0.25) is 0 Å². The van der Waals surface area contributed by atoms with Gasteiger partial charge in [0.1, 0.15) is 0 Å². The fraction of sp³-hybridized carbons (Fsp3) is 1.00. The molecule has 0 spiro atoms. The third kappa shape index (κ3) is 10.2. The summed E-state index contributed by atoms with van der Waals surface area (Å²) in [5, 5.41) is 0. The van der Waals surface area contributed by atoms with Crippen LogP contribution >= 0.6 is 10.8 Å². The first-order chi connectivity index (χ1) is 5.21. The number of hydrogen-bond donors (Lipinski definition) is 2. The predicted molar refractivity (Wildman–Crippen MR) is 45.0 cm³/mol. The van der Waals surface area contributed by atoms with Crippen molar-refractivity contribution in [1.82, 2.24) is 0 Å². The van der Waals surface area contributed by atoms with Gasteiger partial charge in [-0.25, -0.2) is 0 Å². The van der Waals surface area contributed by atoms with Gasteiger partial charge >= 0.3 is 9.15 Å². The summed E-state index contributed by atoms with van der Waals surface area (Å²) in [6.45, 7) is 0. The number of rotatable bonds is 5. The van der Waals surface area contributed by atoms with Gasteiger partial charge in [-0.15, -0.1) is 0 Å². The van der Waals surface area contributed by atoms with Gasteiger partial charge in [0.15, 0.2) is 0 Å². The van der Waals surface area contributed by atoms with Gasteiger partial charge in [-0.3, -0.25) is 9.11 Å². The Labute approximate surface area is 74.2 Å². The van der Waals surface area contributed by atoms with Crippen LogP contribution in [-0.4, -0.2) is 37.4 Å². The molecule has 2 N–H and O–H groups in total. The zero-order valence-electron chi connectivity index (χ0n) is 5.87. The maximum atomic E-state index is 10.1. The van der Waals surface area contributed by atoms with E-state index in [0.717, 1.165) is 0 Å². The fourth-order valence-electron chi connectivity index (χ4n) is 0.406. The Kier molecular flexibility index (Phi) is 4.48. The lowest BCUT2D eigenvalue weighted by Crippen LogP contribution is -2.05. The lowest BCUT2D eigenvalue weighted by Gasteiger charge is -1.95. The minimum Gasteiger partial charge on any atom is -0.286 e. The van der Waals surface area contributed by atoms with E-state index in [1.165, 1.54) is 0 Å². The van der Waals surface area contributed by atoms with Crippen molar-refractivity contribution in [3.63, 3.8) is 0 Å². The van der Waals surface area contributed by atoms with Crippen LogP contribution in [0.3, 0.4) is 0 Å². The Morgan fingerprint density at radius 1 is 1.08 bits per heavy atom. The van der Waals surface area contributed by atoms with Gasteiger partial charge in [0.2, 0.25) is 0 Å². The van der Waals surface area contributed by atoms with Crippen molar-refractivity contribution in [1.29, 1.82) is 0 Å². The maximum absolute atomic E-state index is 10.1. The van der Waals surface area contributed by atoms with Crippen LogP contribution in [0.1, 0.15) is 6.42 Å². The van der Waals surface area contributed by atoms with Gasteiger partial charge in [0, 0.05) is 5.75 Å². The predicted octanol–water partition coefficient (Wildman–Crippen LogP) is -0.200. The molecule has 12 heavy (non-hydrogen) atoms. The highest BCUT2D eigenvalue weighted by atomic mass is 33.1. The van der Waals surface area contributed by atoms with E-state index in [9.17, 15) is 16.8 Å². The van der Waals surface area contributed by atoms with Gasteiger partial charge in [0.05, 0.1) is 5.75 Å². The normalized spacial score (nSPS) is 13.2. The van der Waals surface area contributed by atoms with Crippen molar-refractivity contribution in [3.8, 4) is 0 Å². The monoisotopic (exact) mass is 236 g/mol. The molecule has 0 atom stereocenters. The van der Waals surface area contributed by atoms with Crippen molar-refractivity contribution >= 4 is 30.1 Å². The summed E-state index contributed by atoms with van der Waals surface area (Å²) in [5.74, 6) is -0.575. The third-order valence-electron chi connectivity index (χ3n) is 0.779. The average Bonchev–Trinajstić information content (AvgIpc) is 1.76. The molecule has 0 aromatic carbocycles. The van der Waals surface area contributed by atoms with E-state index < -0.39 is 25.0 Å². The van der Waals surface area contributed by atoms with Crippen LogP contribution < -0.4 is 0 Å². The summed E-state index contributed by atoms with van der Waals surface area (Å²) in [6.07, 6.45) is -0.0245. The highest BCUT2D eigenvalue weighted by Gasteiger charge is 2.07. The summed E-state index contributed by atoms with van der Waals surface area (Å²) in [5.41, 5.74) is 0. The Bertz CT molecular complexity index is 278. The molecule has 0 radical (unpaired) electrons. The lowest BCUT2D eigenvalue weighted by molar-refractivity contribution is 0.482. The van der Waals surface area contributed by atoms with Crippen LogP contribution in [0.5, 0.6) is 0 Å². The molecular weight excluding hydrogens is 228 g/mol. The van der Waals surface area contributed by atoms with E-state index >= 15 is 0 Å². The SMILES string of the molecule is O=S(=O)(O)CCCSS(=O)(=O)O. The Hall–Kier alpha value is 0.170. The minimum absolute atomic E-state index is 0.0245. The van der Waals surface area contributed by atoms with E-state index in [4.69, 9.17) is 9.11 Å². The Balaban J connectivity index is 3.62. The molecule has 0 rings (SSSR count). The summed E-state index contributed by atoms with van der Waals surface area (Å²) in [4.78, 5) is 0. The Morgan fingerprint density at radius 3 is 1.92 bits per heavy atom. The van der Waals surface area contributed by atoms with E-state index in [1.807, 2.05) is 0 Å². The molecule has 0 aliphatic heterocycles. The van der Waals surface area contributed by atoms with Crippen LogP contribution in [0, 0.1) is 0 Å². The standard InChI is InChI=1S/C3H8O6S3/c4-11(5,6)3-1-2-10-12(7,8)9/h1-3H2,(H,4,5,6)(H,7,8,9). The first kappa shape index (κ1) is 12.2. The molecule has 0 saturated carbocycles. The second-order valence-electron chi connectivity index (χ2n) is 1.89. The molecule has 0 bridgehead atoms. The largest absolute Gasteiger partial charge is 0.319 e. The molecule has 0 saturated heterocycles. The maximum Gasteiger partial charge on any atom is 0.319 e. The second-order valence-corrected chi connectivity index (χ2v) is 6.93. The van der Waals surface area contributed by atoms with E-state index in [0.29, 0.717) is 0 Å². The fourth-order valence-corrected chi connectivity index (χ4v) is 2.56. The van der Waals surface area contributed by atoms with Crippen molar-refractivity contribution in [3.05, 3.63) is 0 Å². The van der Waals surface area contributed by atoms with E-state index in [1.54, 1.807) is 0 Å². The molecule has 0 fully saturated rings. The molecule has 0 amide bonds. The van der Waals surface area contributed by atoms with E-state index in [2.05, 4.69) is 0 Å². The highest BCUT2D eigenvalue weighted by Crippen LogP contribution is 2.10. The van der Waals surface area contributed by atoms with Gasteiger partial charge in [-0.2, -0.15) is 16.8 Å². The molecular formula is C3H8O6S3.